The number of benzene rings is 1. The standard InChI is InChI=1S/C25H27N5O3/c31-23-18-33-25(19-29(23)17-20-6-2-1-3-7-20)10-4-13-28(15-11-25)24(32)21-8-9-22(26-16-21)30-14-5-12-27-30/h1-3,5-9,12,14,16H,4,10-11,13,15,17-19H2. The summed E-state index contributed by atoms with van der Waals surface area (Å²) in [5.74, 6) is 0.662. The lowest BCUT2D eigenvalue weighted by molar-refractivity contribution is -0.166. The summed E-state index contributed by atoms with van der Waals surface area (Å²) in [6, 6.07) is 15.5. The van der Waals surface area contributed by atoms with Gasteiger partial charge in [-0.05, 0) is 43.0 Å². The van der Waals surface area contributed by atoms with E-state index in [1.54, 1.807) is 29.2 Å². The Morgan fingerprint density at radius 1 is 1.06 bits per heavy atom. The van der Waals surface area contributed by atoms with E-state index < -0.39 is 5.60 Å². The van der Waals surface area contributed by atoms with Gasteiger partial charge in [-0.1, -0.05) is 30.3 Å². The molecule has 5 rings (SSSR count). The van der Waals surface area contributed by atoms with E-state index in [0.29, 0.717) is 44.0 Å². The molecule has 2 aromatic heterocycles. The zero-order chi connectivity index (χ0) is 22.7. The molecular weight excluding hydrogens is 418 g/mol. The quantitative estimate of drug-likeness (QED) is 0.617. The van der Waals surface area contributed by atoms with Crippen LogP contribution >= 0.6 is 0 Å². The molecule has 1 spiro atoms. The molecule has 0 radical (unpaired) electrons. The second kappa shape index (κ2) is 9.15. The summed E-state index contributed by atoms with van der Waals surface area (Å²) in [5.41, 5.74) is 1.27. The van der Waals surface area contributed by atoms with Crippen molar-refractivity contribution in [2.24, 2.45) is 0 Å². The maximum atomic E-state index is 13.1. The van der Waals surface area contributed by atoms with Crippen molar-refractivity contribution in [1.29, 1.82) is 0 Å². The zero-order valence-corrected chi connectivity index (χ0v) is 18.5. The van der Waals surface area contributed by atoms with Crippen LogP contribution in [0.5, 0.6) is 0 Å². The number of ether oxygens (including phenoxy) is 1. The van der Waals surface area contributed by atoms with Gasteiger partial charge in [0.2, 0.25) is 5.91 Å². The molecule has 0 saturated carbocycles. The van der Waals surface area contributed by atoms with Crippen LogP contribution in [0.1, 0.15) is 35.2 Å². The van der Waals surface area contributed by atoms with Crippen molar-refractivity contribution in [2.75, 3.05) is 26.2 Å². The minimum Gasteiger partial charge on any atom is -0.363 e. The Kier molecular flexibility index (Phi) is 5.92. The van der Waals surface area contributed by atoms with E-state index in [9.17, 15) is 9.59 Å². The van der Waals surface area contributed by atoms with Crippen molar-refractivity contribution in [1.82, 2.24) is 24.6 Å². The number of rotatable bonds is 4. The SMILES string of the molecule is O=C1COC2(CCCN(C(=O)c3ccc(-n4cccn4)nc3)CC2)CN1Cc1ccccc1. The fourth-order valence-electron chi connectivity index (χ4n) is 4.64. The van der Waals surface area contributed by atoms with Crippen LogP contribution < -0.4 is 0 Å². The lowest BCUT2D eigenvalue weighted by Crippen LogP contribution is -2.54. The molecule has 2 aliphatic heterocycles. The summed E-state index contributed by atoms with van der Waals surface area (Å²) in [6.45, 7) is 2.49. The number of likely N-dealkylation sites (tertiary alicyclic amines) is 1. The molecule has 2 aliphatic rings. The molecule has 2 fully saturated rings. The summed E-state index contributed by atoms with van der Waals surface area (Å²) in [6.07, 6.45) is 7.47. The molecule has 3 aromatic rings. The third kappa shape index (κ3) is 4.66. The summed E-state index contributed by atoms with van der Waals surface area (Å²) in [4.78, 5) is 33.8. The van der Waals surface area contributed by atoms with E-state index in [2.05, 4.69) is 10.1 Å². The first-order valence-corrected chi connectivity index (χ1v) is 11.3. The Morgan fingerprint density at radius 2 is 1.94 bits per heavy atom. The average Bonchev–Trinajstić information content (AvgIpc) is 3.31. The first-order valence-electron chi connectivity index (χ1n) is 11.3. The monoisotopic (exact) mass is 445 g/mol. The molecule has 0 bridgehead atoms. The maximum Gasteiger partial charge on any atom is 0.255 e. The van der Waals surface area contributed by atoms with Crippen LogP contribution in [-0.2, 0) is 16.1 Å². The van der Waals surface area contributed by atoms with Crippen LogP contribution in [0.15, 0.2) is 67.1 Å². The third-order valence-corrected chi connectivity index (χ3v) is 6.47. The summed E-state index contributed by atoms with van der Waals surface area (Å²) in [7, 11) is 0. The highest BCUT2D eigenvalue weighted by molar-refractivity contribution is 5.94. The van der Waals surface area contributed by atoms with Gasteiger partial charge in [0.05, 0.1) is 17.7 Å². The van der Waals surface area contributed by atoms with Gasteiger partial charge in [-0.15, -0.1) is 0 Å². The molecule has 8 heteroatoms. The molecule has 2 saturated heterocycles. The molecule has 1 aromatic carbocycles. The smallest absolute Gasteiger partial charge is 0.255 e. The fourth-order valence-corrected chi connectivity index (χ4v) is 4.64. The van der Waals surface area contributed by atoms with Crippen molar-refractivity contribution >= 4 is 11.8 Å². The number of morpholine rings is 1. The third-order valence-electron chi connectivity index (χ3n) is 6.47. The van der Waals surface area contributed by atoms with E-state index in [1.165, 1.54) is 0 Å². The topological polar surface area (TPSA) is 80.6 Å². The van der Waals surface area contributed by atoms with Crippen molar-refractivity contribution in [3.63, 3.8) is 0 Å². The Bertz CT molecular complexity index is 1100. The van der Waals surface area contributed by atoms with Gasteiger partial charge >= 0.3 is 0 Å². The number of pyridine rings is 1. The van der Waals surface area contributed by atoms with Gasteiger partial charge in [-0.2, -0.15) is 5.10 Å². The second-order valence-electron chi connectivity index (χ2n) is 8.71. The van der Waals surface area contributed by atoms with Gasteiger partial charge < -0.3 is 14.5 Å². The first kappa shape index (κ1) is 21.3. The number of nitrogens with zero attached hydrogens (tertiary/aromatic N) is 5. The molecule has 2 amide bonds. The Morgan fingerprint density at radius 3 is 2.70 bits per heavy atom. The van der Waals surface area contributed by atoms with E-state index in [-0.39, 0.29) is 18.4 Å². The Hall–Kier alpha value is -3.52. The highest BCUT2D eigenvalue weighted by Crippen LogP contribution is 2.31. The zero-order valence-electron chi connectivity index (χ0n) is 18.5. The van der Waals surface area contributed by atoms with Crippen molar-refractivity contribution in [3.8, 4) is 5.82 Å². The van der Waals surface area contributed by atoms with Crippen molar-refractivity contribution in [3.05, 3.63) is 78.2 Å². The first-order chi connectivity index (χ1) is 16.1. The molecular formula is C25H27N5O3. The summed E-state index contributed by atoms with van der Waals surface area (Å²) < 4.78 is 7.77. The summed E-state index contributed by atoms with van der Waals surface area (Å²) in [5, 5.41) is 4.17. The van der Waals surface area contributed by atoms with Crippen molar-refractivity contribution < 1.29 is 14.3 Å². The molecule has 33 heavy (non-hydrogen) atoms. The number of hydrogen-bond donors (Lipinski definition) is 0. The molecule has 1 unspecified atom stereocenters. The highest BCUT2D eigenvalue weighted by atomic mass is 16.5. The number of carbonyl (C=O) groups excluding carboxylic acids is 2. The van der Waals surface area contributed by atoms with Crippen LogP contribution in [0.3, 0.4) is 0 Å². The molecule has 8 nitrogen and oxygen atoms in total. The van der Waals surface area contributed by atoms with Gasteiger partial charge in [0, 0.05) is 38.2 Å². The predicted molar refractivity (Wildman–Crippen MR) is 122 cm³/mol. The molecule has 1 atom stereocenters. The van der Waals surface area contributed by atoms with Crippen LogP contribution in [0.4, 0.5) is 0 Å². The molecule has 0 aliphatic carbocycles. The van der Waals surface area contributed by atoms with Crippen LogP contribution in [0.25, 0.3) is 5.82 Å². The predicted octanol–water partition coefficient (Wildman–Crippen LogP) is 2.69. The van der Waals surface area contributed by atoms with E-state index in [1.807, 2.05) is 52.4 Å². The van der Waals surface area contributed by atoms with Gasteiger partial charge in [0.1, 0.15) is 6.61 Å². The normalized spacial score (nSPS) is 21.3. The fraction of sp³-hybridized carbons (Fsp3) is 0.360. The maximum absolute atomic E-state index is 13.1. The van der Waals surface area contributed by atoms with Crippen LogP contribution in [-0.4, -0.2) is 68.2 Å². The minimum absolute atomic E-state index is 0.0185. The number of aromatic nitrogens is 3. The minimum atomic E-state index is -0.403. The van der Waals surface area contributed by atoms with Crippen LogP contribution in [0.2, 0.25) is 0 Å². The molecule has 4 heterocycles. The largest absolute Gasteiger partial charge is 0.363 e. The highest BCUT2D eigenvalue weighted by Gasteiger charge is 2.41. The molecule has 0 N–H and O–H groups in total. The van der Waals surface area contributed by atoms with E-state index in [4.69, 9.17) is 4.74 Å². The van der Waals surface area contributed by atoms with E-state index >= 15 is 0 Å². The Balaban J connectivity index is 1.24. The van der Waals surface area contributed by atoms with Gasteiger partial charge in [0.25, 0.3) is 5.91 Å². The second-order valence-corrected chi connectivity index (χ2v) is 8.71. The van der Waals surface area contributed by atoms with Gasteiger partial charge in [-0.3, -0.25) is 9.59 Å². The lowest BCUT2D eigenvalue weighted by Gasteiger charge is -2.42. The average molecular weight is 446 g/mol. The summed E-state index contributed by atoms with van der Waals surface area (Å²) >= 11 is 0. The lowest BCUT2D eigenvalue weighted by atomic mass is 9.92. The number of amides is 2. The Labute approximate surface area is 192 Å². The van der Waals surface area contributed by atoms with Crippen LogP contribution in [0, 0.1) is 0 Å². The van der Waals surface area contributed by atoms with Gasteiger partial charge in [-0.25, -0.2) is 9.67 Å². The number of carbonyl (C=O) groups is 2. The van der Waals surface area contributed by atoms with Crippen molar-refractivity contribution in [2.45, 2.75) is 31.4 Å². The molecule has 170 valence electrons. The van der Waals surface area contributed by atoms with Gasteiger partial charge in [0.15, 0.2) is 5.82 Å². The number of hydrogen-bond acceptors (Lipinski definition) is 5. The van der Waals surface area contributed by atoms with E-state index in [0.717, 1.165) is 18.4 Å².